The molecule has 2 aromatic carbocycles. The molecule has 0 radical (unpaired) electrons. The molecule has 2 aliphatic rings. The number of anilines is 1. The van der Waals surface area contributed by atoms with E-state index in [4.69, 9.17) is 21.9 Å². The highest BCUT2D eigenvalue weighted by molar-refractivity contribution is 7.91. The lowest BCUT2D eigenvalue weighted by Gasteiger charge is -2.34. The number of nitrogens with two attached hydrogens (primary N) is 1. The molecule has 1 aromatic heterocycles. The number of fused-ring (bicyclic) bond motifs is 1. The quantitative estimate of drug-likeness (QED) is 0.521. The lowest BCUT2D eigenvalue weighted by Crippen LogP contribution is -2.40. The van der Waals surface area contributed by atoms with Crippen molar-refractivity contribution in [3.05, 3.63) is 58.7 Å². The van der Waals surface area contributed by atoms with E-state index >= 15 is 4.39 Å². The van der Waals surface area contributed by atoms with Gasteiger partial charge in [-0.2, -0.15) is 4.98 Å². The summed E-state index contributed by atoms with van der Waals surface area (Å²) in [5, 5.41) is 8.03. The summed E-state index contributed by atoms with van der Waals surface area (Å²) in [6, 6.07) is 9.17. The molecular weight excluding hydrogens is 505 g/mol. The molecule has 1 saturated heterocycles. The van der Waals surface area contributed by atoms with Crippen molar-refractivity contribution in [3.8, 4) is 11.4 Å². The highest BCUT2D eigenvalue weighted by Crippen LogP contribution is 2.38. The van der Waals surface area contributed by atoms with Crippen molar-refractivity contribution in [1.29, 1.82) is 0 Å². The largest absolute Gasteiger partial charge is 0.365 e. The Morgan fingerprint density at radius 2 is 2.03 bits per heavy atom. The number of benzene rings is 2. The molecule has 3 N–H and O–H groups in total. The Bertz CT molecular complexity index is 1380. The van der Waals surface area contributed by atoms with Crippen LogP contribution in [-0.2, 0) is 16.4 Å². The number of nitrogens with zero attached hydrogens (tertiary/aromatic N) is 3. The van der Waals surface area contributed by atoms with Crippen LogP contribution in [0.1, 0.15) is 37.6 Å². The summed E-state index contributed by atoms with van der Waals surface area (Å²) in [4.78, 5) is 6.27. The van der Waals surface area contributed by atoms with Gasteiger partial charge >= 0.3 is 0 Å². The molecular formula is C25H29ClFN5O3S. The number of hydrogen-bond acceptors (Lipinski definition) is 8. The minimum absolute atomic E-state index is 0.0127. The van der Waals surface area contributed by atoms with Gasteiger partial charge in [-0.3, -0.25) is 0 Å². The topological polar surface area (TPSA) is 114 Å². The van der Waals surface area contributed by atoms with Gasteiger partial charge < -0.3 is 20.5 Å². The first-order valence-corrected chi connectivity index (χ1v) is 13.9. The number of sulfone groups is 1. The fourth-order valence-electron chi connectivity index (χ4n) is 5.06. The van der Waals surface area contributed by atoms with E-state index in [0.29, 0.717) is 29.7 Å². The highest BCUT2D eigenvalue weighted by Gasteiger charge is 2.34. The molecule has 1 unspecified atom stereocenters. The lowest BCUT2D eigenvalue weighted by atomic mass is 9.79. The van der Waals surface area contributed by atoms with E-state index in [2.05, 4.69) is 29.3 Å². The summed E-state index contributed by atoms with van der Waals surface area (Å²) in [5.41, 5.74) is 7.60. The predicted octanol–water partition coefficient (Wildman–Crippen LogP) is 3.75. The normalized spacial score (nSPS) is 23.2. The average Bonchev–Trinajstić information content (AvgIpc) is 3.26. The van der Waals surface area contributed by atoms with Crippen molar-refractivity contribution in [2.45, 2.75) is 43.7 Å². The average molecular weight is 534 g/mol. The van der Waals surface area contributed by atoms with E-state index in [1.54, 1.807) is 12.1 Å². The van der Waals surface area contributed by atoms with Gasteiger partial charge in [0.15, 0.2) is 9.84 Å². The molecule has 0 saturated carbocycles. The number of nitrogens with one attached hydrogen (secondary N) is 1. The molecule has 192 valence electrons. The fraction of sp³-hybridized carbons (Fsp3) is 0.440. The number of hydrogen-bond donors (Lipinski definition) is 2. The maximum Gasteiger partial charge on any atom is 0.231 e. The van der Waals surface area contributed by atoms with E-state index < -0.39 is 21.7 Å². The Kier molecular flexibility index (Phi) is 6.57. The number of aromatic nitrogens is 2. The van der Waals surface area contributed by atoms with Crippen LogP contribution in [0.5, 0.6) is 0 Å². The minimum atomic E-state index is -3.81. The van der Waals surface area contributed by atoms with Gasteiger partial charge in [-0.15, -0.1) is 0 Å². The third-order valence-corrected chi connectivity index (χ3v) is 8.84. The monoisotopic (exact) mass is 533 g/mol. The molecule has 36 heavy (non-hydrogen) atoms. The summed E-state index contributed by atoms with van der Waals surface area (Å²) in [5.74, 6) is -0.460. The maximum absolute atomic E-state index is 15.3. The smallest absolute Gasteiger partial charge is 0.231 e. The van der Waals surface area contributed by atoms with E-state index in [-0.39, 0.29) is 39.9 Å². The Morgan fingerprint density at radius 3 is 2.75 bits per heavy atom. The van der Waals surface area contributed by atoms with Crippen molar-refractivity contribution in [2.75, 3.05) is 30.3 Å². The second-order valence-corrected chi connectivity index (χ2v) is 12.9. The molecule has 0 amide bonds. The summed E-state index contributed by atoms with van der Waals surface area (Å²) in [6.07, 6.45) is 0.860. The molecule has 0 bridgehead atoms. The molecule has 8 nitrogen and oxygen atoms in total. The Labute approximate surface area is 214 Å². The van der Waals surface area contributed by atoms with Crippen LogP contribution in [0.4, 0.5) is 10.1 Å². The minimum Gasteiger partial charge on any atom is -0.365 e. The van der Waals surface area contributed by atoms with Crippen molar-refractivity contribution >= 4 is 27.1 Å². The second kappa shape index (κ2) is 9.41. The molecule has 2 atom stereocenters. The van der Waals surface area contributed by atoms with Crippen LogP contribution >= 0.6 is 11.6 Å². The van der Waals surface area contributed by atoms with Crippen molar-refractivity contribution in [1.82, 2.24) is 15.5 Å². The van der Waals surface area contributed by atoms with E-state index in [1.165, 1.54) is 6.07 Å². The van der Waals surface area contributed by atoms with Gasteiger partial charge in [-0.1, -0.05) is 42.7 Å². The van der Waals surface area contributed by atoms with Crippen LogP contribution in [0.15, 0.2) is 45.8 Å². The van der Waals surface area contributed by atoms with Gasteiger partial charge in [0.25, 0.3) is 0 Å². The zero-order chi connectivity index (χ0) is 25.7. The van der Waals surface area contributed by atoms with E-state index in [1.807, 2.05) is 17.0 Å². The molecule has 3 aromatic rings. The van der Waals surface area contributed by atoms with Gasteiger partial charge in [-0.25, -0.2) is 12.8 Å². The van der Waals surface area contributed by atoms with Crippen LogP contribution in [0.3, 0.4) is 0 Å². The second-order valence-electron chi connectivity index (χ2n) is 10.5. The zero-order valence-electron chi connectivity index (χ0n) is 20.2. The maximum atomic E-state index is 15.3. The lowest BCUT2D eigenvalue weighted by molar-refractivity contribution is 0.211. The van der Waals surface area contributed by atoms with Crippen molar-refractivity contribution < 1.29 is 17.3 Å². The summed E-state index contributed by atoms with van der Waals surface area (Å²) < 4.78 is 47.0. The van der Waals surface area contributed by atoms with Crippen LogP contribution in [-0.4, -0.2) is 50.0 Å². The number of rotatable bonds is 4. The third-order valence-electron chi connectivity index (χ3n) is 6.72. The van der Waals surface area contributed by atoms with Crippen LogP contribution < -0.4 is 16.0 Å². The number of halogens is 2. The Morgan fingerprint density at radius 1 is 1.28 bits per heavy atom. The number of piperidine rings is 1. The Hall–Kier alpha value is -2.53. The summed E-state index contributed by atoms with van der Waals surface area (Å²) >= 11 is 6.02. The SMILES string of the molecule is CC1(C)CNCC(c2nc(-c3cc4c(cc3F)S(=O)(=O)C[C@H](N)CN4Cc3ccc(Cl)cc3)no2)C1. The first-order valence-electron chi connectivity index (χ1n) is 11.9. The van der Waals surface area contributed by atoms with Crippen LogP contribution in [0.25, 0.3) is 11.4 Å². The van der Waals surface area contributed by atoms with Crippen molar-refractivity contribution in [2.24, 2.45) is 11.1 Å². The zero-order valence-corrected chi connectivity index (χ0v) is 21.7. The predicted molar refractivity (Wildman–Crippen MR) is 136 cm³/mol. The van der Waals surface area contributed by atoms with Gasteiger partial charge in [-0.05, 0) is 41.7 Å². The Balaban J connectivity index is 1.54. The van der Waals surface area contributed by atoms with E-state index in [9.17, 15) is 8.42 Å². The van der Waals surface area contributed by atoms with Crippen LogP contribution in [0.2, 0.25) is 5.02 Å². The third kappa shape index (κ3) is 5.13. The summed E-state index contributed by atoms with van der Waals surface area (Å²) in [6.45, 7) is 6.57. The molecule has 11 heteroatoms. The molecule has 1 fully saturated rings. The molecule has 3 heterocycles. The van der Waals surface area contributed by atoms with Crippen molar-refractivity contribution in [3.63, 3.8) is 0 Å². The van der Waals surface area contributed by atoms with Gasteiger partial charge in [0.1, 0.15) is 5.82 Å². The van der Waals surface area contributed by atoms with Crippen LogP contribution in [0, 0.1) is 11.2 Å². The molecule has 0 spiro atoms. The van der Waals surface area contributed by atoms with E-state index in [0.717, 1.165) is 24.6 Å². The summed E-state index contributed by atoms with van der Waals surface area (Å²) in [7, 11) is -3.81. The highest BCUT2D eigenvalue weighted by atomic mass is 35.5. The first-order chi connectivity index (χ1) is 17.0. The standard InChI is InChI=1S/C25H29ClFN5O3S/c1-25(2)9-16(10-29-14-25)24-30-23(31-35-24)19-7-21-22(8-20(19)27)36(33,34)13-18(28)12-32(21)11-15-3-5-17(26)6-4-15/h3-8,16,18,29H,9-14,28H2,1-2H3/t16?,18-/m1/s1. The first kappa shape index (κ1) is 25.1. The van der Waals surface area contributed by atoms with Gasteiger partial charge in [0, 0.05) is 37.2 Å². The van der Waals surface area contributed by atoms with Gasteiger partial charge in [0.05, 0.1) is 27.8 Å². The molecule has 5 rings (SSSR count). The molecule has 2 aliphatic heterocycles. The van der Waals surface area contributed by atoms with Gasteiger partial charge in [0.2, 0.25) is 11.7 Å². The molecule has 0 aliphatic carbocycles. The fourth-order valence-corrected chi connectivity index (χ4v) is 6.82.